The Morgan fingerprint density at radius 3 is 2.73 bits per heavy atom. The van der Waals surface area contributed by atoms with Crippen LogP contribution in [0.25, 0.3) is 0 Å². The molecule has 11 heavy (non-hydrogen) atoms. The van der Waals surface area contributed by atoms with Gasteiger partial charge in [0, 0.05) is 6.61 Å². The highest BCUT2D eigenvalue weighted by atomic mass is 16.6. The van der Waals surface area contributed by atoms with Gasteiger partial charge in [-0.15, -0.1) is 0 Å². The maximum absolute atomic E-state index is 10.5. The van der Waals surface area contributed by atoms with Crippen molar-refractivity contribution in [2.24, 2.45) is 0 Å². The second kappa shape index (κ2) is 6.12. The molecule has 0 amide bonds. The number of ether oxygens (including phenoxy) is 2. The minimum atomic E-state index is -1.29. The van der Waals surface area contributed by atoms with Gasteiger partial charge in [0.15, 0.2) is 6.10 Å². The summed E-state index contributed by atoms with van der Waals surface area (Å²) in [6, 6.07) is 0. The summed E-state index contributed by atoms with van der Waals surface area (Å²) in [6.07, 6.45) is -1.29. The highest BCUT2D eigenvalue weighted by Gasteiger charge is 2.08. The molecule has 0 aromatic carbocycles. The van der Waals surface area contributed by atoms with Gasteiger partial charge in [-0.05, 0) is 13.8 Å². The molecule has 4 nitrogen and oxygen atoms in total. The van der Waals surface area contributed by atoms with Gasteiger partial charge in [0.25, 0.3) is 0 Å². The summed E-state index contributed by atoms with van der Waals surface area (Å²) in [4.78, 5) is 10.5. The fourth-order valence-electron chi connectivity index (χ4n) is 0.442. The Labute approximate surface area is 66.1 Å². The highest BCUT2D eigenvalue weighted by molar-refractivity contribution is 5.74. The number of aliphatic hydroxyl groups excluding tert-OH is 1. The smallest absolute Gasteiger partial charge is 0.335 e. The topological polar surface area (TPSA) is 55.8 Å². The van der Waals surface area contributed by atoms with Gasteiger partial charge in [-0.3, -0.25) is 0 Å². The van der Waals surface area contributed by atoms with Crippen molar-refractivity contribution in [3.8, 4) is 0 Å². The number of hydrogen-bond donors (Lipinski definition) is 1. The molecule has 0 saturated heterocycles. The third-order valence-corrected chi connectivity index (χ3v) is 0.948. The van der Waals surface area contributed by atoms with Crippen molar-refractivity contribution in [2.45, 2.75) is 13.0 Å². The van der Waals surface area contributed by atoms with Crippen LogP contribution in [0.1, 0.15) is 6.92 Å². The Balaban J connectivity index is 3.18. The minimum Gasteiger partial charge on any atom is -0.461 e. The van der Waals surface area contributed by atoms with Crippen molar-refractivity contribution >= 4 is 5.97 Å². The van der Waals surface area contributed by atoms with Gasteiger partial charge in [0.1, 0.15) is 6.61 Å². The maximum Gasteiger partial charge on any atom is 0.335 e. The van der Waals surface area contributed by atoms with Gasteiger partial charge in [-0.1, -0.05) is 0 Å². The lowest BCUT2D eigenvalue weighted by atomic mass is 10.4. The van der Waals surface area contributed by atoms with Crippen LogP contribution in [0.5, 0.6) is 0 Å². The molecule has 4 heteroatoms. The van der Waals surface area contributed by atoms with E-state index in [0.717, 1.165) is 0 Å². The summed E-state index contributed by atoms with van der Waals surface area (Å²) >= 11 is 0. The molecule has 1 N–H and O–H groups in total. The van der Waals surface area contributed by atoms with Gasteiger partial charge in [0.2, 0.25) is 0 Å². The van der Waals surface area contributed by atoms with Crippen LogP contribution in [0, 0.1) is 6.92 Å². The van der Waals surface area contributed by atoms with Crippen molar-refractivity contribution < 1.29 is 19.4 Å². The number of esters is 1. The molecule has 0 bridgehead atoms. The van der Waals surface area contributed by atoms with Crippen LogP contribution in [-0.4, -0.2) is 37.0 Å². The van der Waals surface area contributed by atoms with E-state index in [0.29, 0.717) is 13.2 Å². The predicted molar refractivity (Wildman–Crippen MR) is 38.8 cm³/mol. The molecule has 0 aliphatic heterocycles. The Morgan fingerprint density at radius 1 is 1.64 bits per heavy atom. The van der Waals surface area contributed by atoms with E-state index in [1.54, 1.807) is 0 Å². The molecule has 0 aromatic rings. The molecule has 1 radical (unpaired) electrons. The van der Waals surface area contributed by atoms with Crippen molar-refractivity contribution in [2.75, 3.05) is 19.8 Å². The maximum atomic E-state index is 10.5. The molecule has 0 saturated carbocycles. The molecule has 0 spiro atoms. The normalized spacial score (nSPS) is 12.6. The van der Waals surface area contributed by atoms with Crippen molar-refractivity contribution in [3.05, 3.63) is 6.92 Å². The average Bonchev–Trinajstić information content (AvgIpc) is 1.97. The van der Waals surface area contributed by atoms with Crippen LogP contribution in [0.2, 0.25) is 0 Å². The summed E-state index contributed by atoms with van der Waals surface area (Å²) in [6.45, 7) is 6.03. The lowest BCUT2D eigenvalue weighted by molar-refractivity contribution is -0.152. The summed E-state index contributed by atoms with van der Waals surface area (Å²) in [5, 5.41) is 8.55. The predicted octanol–water partition coefficient (Wildman–Crippen LogP) is -0.239. The van der Waals surface area contributed by atoms with E-state index < -0.39 is 12.1 Å². The highest BCUT2D eigenvalue weighted by Crippen LogP contribution is 1.85. The zero-order valence-corrected chi connectivity index (χ0v) is 6.58. The number of carbonyl (C=O) groups excluding carboxylic acids is 1. The van der Waals surface area contributed by atoms with E-state index in [-0.39, 0.29) is 6.61 Å². The van der Waals surface area contributed by atoms with Crippen molar-refractivity contribution in [3.63, 3.8) is 0 Å². The van der Waals surface area contributed by atoms with Gasteiger partial charge in [-0.2, -0.15) is 0 Å². The molecule has 0 aromatic heterocycles. The van der Waals surface area contributed by atoms with Crippen molar-refractivity contribution in [1.82, 2.24) is 0 Å². The first-order chi connectivity index (χ1) is 5.18. The fraction of sp³-hybridized carbons (Fsp3) is 0.714. The lowest BCUT2D eigenvalue weighted by Gasteiger charge is -2.05. The Kier molecular flexibility index (Phi) is 5.78. The molecule has 1 unspecified atom stereocenters. The monoisotopic (exact) mass is 161 g/mol. The van der Waals surface area contributed by atoms with Crippen molar-refractivity contribution in [1.29, 1.82) is 0 Å². The first kappa shape index (κ1) is 10.4. The van der Waals surface area contributed by atoms with Crippen LogP contribution in [0.15, 0.2) is 0 Å². The Bertz CT molecular complexity index is 111. The van der Waals surface area contributed by atoms with Gasteiger partial charge in [0.05, 0.1) is 6.61 Å². The van der Waals surface area contributed by atoms with Crippen LogP contribution in [-0.2, 0) is 14.3 Å². The lowest BCUT2D eigenvalue weighted by Crippen LogP contribution is -2.21. The van der Waals surface area contributed by atoms with Crippen LogP contribution in [0.4, 0.5) is 0 Å². The fourth-order valence-corrected chi connectivity index (χ4v) is 0.442. The minimum absolute atomic E-state index is 0.166. The zero-order chi connectivity index (χ0) is 8.69. The molecule has 0 aliphatic carbocycles. The quantitative estimate of drug-likeness (QED) is 0.446. The number of aliphatic hydroxyl groups is 1. The number of rotatable bonds is 5. The largest absolute Gasteiger partial charge is 0.461 e. The first-order valence-electron chi connectivity index (χ1n) is 3.44. The van der Waals surface area contributed by atoms with Gasteiger partial charge in [-0.25, -0.2) is 4.79 Å². The molecule has 0 heterocycles. The second-order valence-corrected chi connectivity index (χ2v) is 1.88. The zero-order valence-electron chi connectivity index (χ0n) is 6.58. The van der Waals surface area contributed by atoms with E-state index >= 15 is 0 Å². The number of hydrogen-bond acceptors (Lipinski definition) is 4. The average molecular weight is 161 g/mol. The van der Waals surface area contributed by atoms with Gasteiger partial charge < -0.3 is 14.6 Å². The van der Waals surface area contributed by atoms with E-state index in [2.05, 4.69) is 11.7 Å². The van der Waals surface area contributed by atoms with E-state index in [4.69, 9.17) is 9.84 Å². The summed E-state index contributed by atoms with van der Waals surface area (Å²) in [5.41, 5.74) is 0. The Morgan fingerprint density at radius 2 is 2.27 bits per heavy atom. The van der Waals surface area contributed by atoms with Gasteiger partial charge >= 0.3 is 5.97 Å². The van der Waals surface area contributed by atoms with Crippen LogP contribution >= 0.6 is 0 Å². The van der Waals surface area contributed by atoms with Crippen LogP contribution < -0.4 is 0 Å². The SMILES string of the molecule is [CH2]C(O)C(=O)OCCOCC. The van der Waals surface area contributed by atoms with E-state index in [1.807, 2.05) is 6.92 Å². The molecule has 65 valence electrons. The molecule has 1 atom stereocenters. The molecular formula is C7H13O4. The summed E-state index contributed by atoms with van der Waals surface area (Å²) in [5.74, 6) is -0.718. The summed E-state index contributed by atoms with van der Waals surface area (Å²) < 4.78 is 9.41. The third kappa shape index (κ3) is 5.82. The molecule has 0 fully saturated rings. The van der Waals surface area contributed by atoms with E-state index in [9.17, 15) is 4.79 Å². The molecule has 0 aliphatic rings. The summed E-state index contributed by atoms with van der Waals surface area (Å²) in [7, 11) is 0. The second-order valence-electron chi connectivity index (χ2n) is 1.88. The van der Waals surface area contributed by atoms with E-state index in [1.165, 1.54) is 0 Å². The third-order valence-electron chi connectivity index (χ3n) is 0.948. The number of carbonyl (C=O) groups is 1. The van der Waals surface area contributed by atoms with Crippen LogP contribution in [0.3, 0.4) is 0 Å². The molecular weight excluding hydrogens is 148 g/mol. The first-order valence-corrected chi connectivity index (χ1v) is 3.44. The Hall–Kier alpha value is -0.610. The standard InChI is InChI=1S/C7H13O4/c1-3-10-4-5-11-7(9)6(2)8/h6,8H,2-5H2,1H3. The molecule has 0 rings (SSSR count).